The maximum Gasteiger partial charge on any atom is 0.573 e. The number of hydrogen-bond acceptors (Lipinski definition) is 8. The van der Waals surface area contributed by atoms with Crippen molar-refractivity contribution in [3.63, 3.8) is 0 Å². The molecular weight excluding hydrogens is 537 g/mol. The highest BCUT2D eigenvalue weighted by Gasteiger charge is 2.31. The zero-order chi connectivity index (χ0) is 27.7. The minimum absolute atomic E-state index is 0.100. The number of carbonyl (C=O) groups is 2. The van der Waals surface area contributed by atoms with Crippen LogP contribution < -0.4 is 15.4 Å². The first kappa shape index (κ1) is 26.7. The quantitative estimate of drug-likeness (QED) is 0.312. The largest absolute Gasteiger partial charge is 0.573 e. The fourth-order valence-electron chi connectivity index (χ4n) is 4.58. The Labute approximate surface area is 224 Å². The number of likely N-dealkylation sites (tertiary alicyclic amines) is 1. The molecule has 0 radical (unpaired) electrons. The first-order valence-corrected chi connectivity index (χ1v) is 13.0. The van der Waals surface area contributed by atoms with Crippen LogP contribution in [0.15, 0.2) is 36.4 Å². The highest BCUT2D eigenvalue weighted by molar-refractivity contribution is 7.22. The molecule has 3 heterocycles. The van der Waals surface area contributed by atoms with Gasteiger partial charge in [0.05, 0.1) is 40.4 Å². The number of fused-ring (bicyclic) bond motifs is 2. The topological polar surface area (TPSA) is 122 Å². The summed E-state index contributed by atoms with van der Waals surface area (Å²) in [6.45, 7) is 0.291. The van der Waals surface area contributed by atoms with Gasteiger partial charge in [-0.25, -0.2) is 9.97 Å². The Hall–Kier alpha value is -3.91. The van der Waals surface area contributed by atoms with Crippen LogP contribution in [0.5, 0.6) is 5.75 Å². The van der Waals surface area contributed by atoms with Crippen LogP contribution in [-0.4, -0.2) is 68.5 Å². The highest BCUT2D eigenvalue weighted by Crippen LogP contribution is 2.33. The molecule has 0 saturated carbocycles. The number of benzene rings is 2. The fourth-order valence-corrected chi connectivity index (χ4v) is 5.47. The molecule has 14 heteroatoms. The third-order valence-electron chi connectivity index (χ3n) is 6.51. The zero-order valence-electron chi connectivity index (χ0n) is 20.8. The van der Waals surface area contributed by atoms with E-state index in [1.54, 1.807) is 34.7 Å². The van der Waals surface area contributed by atoms with Crippen molar-refractivity contribution in [3.05, 3.63) is 42.0 Å². The van der Waals surface area contributed by atoms with Gasteiger partial charge in [0.25, 0.3) is 5.91 Å². The number of hydrogen-bond donors (Lipinski definition) is 3. The standard InChI is InChI=1S/C25H25F3N6O4S/c1-33-19-8-5-14(22(37)29-12-21(36)34-9-3-2-4-15(34)13-35)10-18(19)30-23(33)32-24-31-17-7-6-16(11-20(17)39-24)38-25(26,27)28/h5-8,10-11,15,35H,2-4,9,12-13H2,1H3,(H,29,37)(H,30,31,32). The number of alkyl halides is 3. The van der Waals surface area contributed by atoms with Crippen LogP contribution in [-0.2, 0) is 11.8 Å². The number of aryl methyl sites for hydroxylation is 1. The molecule has 1 fully saturated rings. The van der Waals surface area contributed by atoms with E-state index < -0.39 is 12.3 Å². The molecule has 2 aromatic heterocycles. The van der Waals surface area contributed by atoms with E-state index in [2.05, 4.69) is 25.3 Å². The Balaban J connectivity index is 1.28. The van der Waals surface area contributed by atoms with Gasteiger partial charge in [-0.05, 0) is 49.6 Å². The summed E-state index contributed by atoms with van der Waals surface area (Å²) in [5, 5.41) is 15.7. The van der Waals surface area contributed by atoms with E-state index in [1.807, 2.05) is 0 Å². The second kappa shape index (κ2) is 10.7. The monoisotopic (exact) mass is 562 g/mol. The first-order valence-electron chi connectivity index (χ1n) is 12.2. The van der Waals surface area contributed by atoms with Crippen LogP contribution in [0.2, 0.25) is 0 Å². The number of aliphatic hydroxyl groups is 1. The Kier molecular flexibility index (Phi) is 7.32. The van der Waals surface area contributed by atoms with Crippen LogP contribution in [0.4, 0.5) is 24.3 Å². The van der Waals surface area contributed by atoms with Crippen molar-refractivity contribution in [2.24, 2.45) is 7.05 Å². The molecule has 2 aromatic carbocycles. The van der Waals surface area contributed by atoms with Gasteiger partial charge < -0.3 is 29.9 Å². The molecule has 1 aliphatic rings. The highest BCUT2D eigenvalue weighted by atomic mass is 32.1. The number of nitrogens with zero attached hydrogens (tertiary/aromatic N) is 4. The predicted molar refractivity (Wildman–Crippen MR) is 139 cm³/mol. The van der Waals surface area contributed by atoms with Gasteiger partial charge in [0.1, 0.15) is 5.75 Å². The van der Waals surface area contributed by atoms with Crippen molar-refractivity contribution in [1.29, 1.82) is 0 Å². The molecule has 206 valence electrons. The zero-order valence-corrected chi connectivity index (χ0v) is 21.6. The van der Waals surface area contributed by atoms with E-state index in [0.29, 0.717) is 38.9 Å². The molecule has 2 amide bonds. The van der Waals surface area contributed by atoms with E-state index in [9.17, 15) is 27.9 Å². The van der Waals surface area contributed by atoms with Crippen LogP contribution in [0.3, 0.4) is 0 Å². The first-order chi connectivity index (χ1) is 18.6. The number of ether oxygens (including phenoxy) is 1. The molecule has 39 heavy (non-hydrogen) atoms. The number of aromatic nitrogens is 3. The Morgan fingerprint density at radius 3 is 2.74 bits per heavy atom. The second-order valence-electron chi connectivity index (χ2n) is 9.12. The number of piperidine rings is 1. The molecule has 3 N–H and O–H groups in total. The summed E-state index contributed by atoms with van der Waals surface area (Å²) in [5.74, 6) is -0.570. The lowest BCUT2D eigenvalue weighted by atomic mass is 10.0. The molecule has 1 saturated heterocycles. The van der Waals surface area contributed by atoms with Crippen molar-refractivity contribution < 1.29 is 32.6 Å². The number of imidazole rings is 1. The fraction of sp³-hybridized carbons (Fsp3) is 0.360. The lowest BCUT2D eigenvalue weighted by Crippen LogP contribution is -2.49. The lowest BCUT2D eigenvalue weighted by molar-refractivity contribution is -0.274. The number of anilines is 2. The molecule has 1 unspecified atom stereocenters. The minimum Gasteiger partial charge on any atom is -0.406 e. The van der Waals surface area contributed by atoms with Gasteiger partial charge in [-0.15, -0.1) is 13.2 Å². The average molecular weight is 563 g/mol. The smallest absolute Gasteiger partial charge is 0.406 e. The number of rotatable bonds is 7. The summed E-state index contributed by atoms with van der Waals surface area (Å²) in [7, 11) is 1.77. The number of aliphatic hydroxyl groups excluding tert-OH is 1. The van der Waals surface area contributed by atoms with Gasteiger partial charge in [0, 0.05) is 25.2 Å². The normalized spacial score (nSPS) is 16.0. The number of thiazole rings is 1. The molecule has 10 nitrogen and oxygen atoms in total. The molecule has 1 aliphatic heterocycles. The van der Waals surface area contributed by atoms with Crippen LogP contribution in [0.1, 0.15) is 29.6 Å². The van der Waals surface area contributed by atoms with Crippen molar-refractivity contribution in [3.8, 4) is 5.75 Å². The Bertz CT molecular complexity index is 1540. The van der Waals surface area contributed by atoms with Gasteiger partial charge in [-0.3, -0.25) is 9.59 Å². The Morgan fingerprint density at radius 1 is 1.15 bits per heavy atom. The molecule has 4 aromatic rings. The SMILES string of the molecule is Cn1c(Nc2nc3ccc(OC(F)(F)F)cc3s2)nc2cc(C(=O)NCC(=O)N3CCCCC3CO)ccc21. The molecule has 5 rings (SSSR count). The maximum absolute atomic E-state index is 12.8. The second-order valence-corrected chi connectivity index (χ2v) is 10.2. The van der Waals surface area contributed by atoms with Crippen molar-refractivity contribution in [2.45, 2.75) is 31.7 Å². The maximum atomic E-state index is 12.8. The number of carbonyl (C=O) groups excluding carboxylic acids is 2. The summed E-state index contributed by atoms with van der Waals surface area (Å²) in [6.07, 6.45) is -2.21. The van der Waals surface area contributed by atoms with E-state index in [-0.39, 0.29) is 30.9 Å². The average Bonchev–Trinajstić information content (AvgIpc) is 3.45. The van der Waals surface area contributed by atoms with Crippen molar-refractivity contribution in [1.82, 2.24) is 24.8 Å². The number of nitrogens with one attached hydrogen (secondary N) is 2. The molecular formula is C25H25F3N6O4S. The van der Waals surface area contributed by atoms with Crippen LogP contribution in [0, 0.1) is 0 Å². The third kappa shape index (κ3) is 5.91. The van der Waals surface area contributed by atoms with Gasteiger partial charge >= 0.3 is 6.36 Å². The van der Waals surface area contributed by atoms with Gasteiger partial charge in [0.2, 0.25) is 11.9 Å². The number of halogens is 3. The van der Waals surface area contributed by atoms with Gasteiger partial charge in [0.15, 0.2) is 5.13 Å². The van der Waals surface area contributed by atoms with Crippen LogP contribution in [0.25, 0.3) is 21.3 Å². The summed E-state index contributed by atoms with van der Waals surface area (Å²) in [5.41, 5.74) is 2.08. The summed E-state index contributed by atoms with van der Waals surface area (Å²) in [4.78, 5) is 35.9. The molecule has 0 spiro atoms. The van der Waals surface area contributed by atoms with Crippen LogP contribution >= 0.6 is 11.3 Å². The summed E-state index contributed by atoms with van der Waals surface area (Å²) >= 11 is 1.14. The van der Waals surface area contributed by atoms with E-state index in [1.165, 1.54) is 18.2 Å². The third-order valence-corrected chi connectivity index (χ3v) is 7.45. The summed E-state index contributed by atoms with van der Waals surface area (Å²) in [6, 6.07) is 8.66. The van der Waals surface area contributed by atoms with Gasteiger partial charge in [-0.2, -0.15) is 0 Å². The molecule has 1 atom stereocenters. The van der Waals surface area contributed by atoms with Crippen molar-refractivity contribution >= 4 is 55.5 Å². The van der Waals surface area contributed by atoms with E-state index in [0.717, 1.165) is 36.1 Å². The molecule has 0 aliphatic carbocycles. The number of amides is 2. The Morgan fingerprint density at radius 2 is 1.97 bits per heavy atom. The van der Waals surface area contributed by atoms with E-state index in [4.69, 9.17) is 0 Å². The minimum atomic E-state index is -4.78. The lowest BCUT2D eigenvalue weighted by Gasteiger charge is -2.34. The summed E-state index contributed by atoms with van der Waals surface area (Å²) < 4.78 is 43.8. The molecule has 0 bridgehead atoms. The van der Waals surface area contributed by atoms with Crippen molar-refractivity contribution in [2.75, 3.05) is 25.0 Å². The van der Waals surface area contributed by atoms with E-state index >= 15 is 0 Å². The predicted octanol–water partition coefficient (Wildman–Crippen LogP) is 3.93. The van der Waals surface area contributed by atoms with Gasteiger partial charge in [-0.1, -0.05) is 11.3 Å².